The van der Waals surface area contributed by atoms with E-state index >= 15 is 0 Å². The van der Waals surface area contributed by atoms with E-state index in [0.29, 0.717) is 0 Å². The number of halogens is 1. The summed E-state index contributed by atoms with van der Waals surface area (Å²) in [5.74, 6) is 5.66. The third kappa shape index (κ3) is 1.91. The second kappa shape index (κ2) is 4.63. The van der Waals surface area contributed by atoms with E-state index in [4.69, 9.17) is 5.84 Å². The molecule has 0 aliphatic heterocycles. The topological polar surface area (TPSA) is 50.9 Å². The number of nitrogens with two attached hydrogens (primary N) is 1. The maximum Gasteiger partial charge on any atom is 0.0871 e. The first-order chi connectivity index (χ1) is 8.10. The molecule has 0 aliphatic carbocycles. The molecule has 0 bridgehead atoms. The van der Waals surface area contributed by atoms with Gasteiger partial charge in [-0.15, -0.1) is 0 Å². The van der Waals surface area contributed by atoms with Crippen LogP contribution in [-0.4, -0.2) is 4.98 Å². The summed E-state index contributed by atoms with van der Waals surface area (Å²) in [6.07, 6.45) is 0.916. The molecule has 3 nitrogen and oxygen atoms in total. The third-order valence-electron chi connectivity index (χ3n) is 3.09. The van der Waals surface area contributed by atoms with Crippen LogP contribution >= 0.6 is 15.9 Å². The molecule has 0 radical (unpaired) electrons. The number of aromatic nitrogens is 1. The van der Waals surface area contributed by atoms with Gasteiger partial charge >= 0.3 is 0 Å². The number of rotatable bonds is 2. The number of benzene rings is 1. The molecule has 17 heavy (non-hydrogen) atoms. The van der Waals surface area contributed by atoms with E-state index in [1.54, 1.807) is 0 Å². The number of hydrazine groups is 1. The number of nitrogens with zero attached hydrogens (tertiary/aromatic N) is 1. The molecule has 90 valence electrons. The van der Waals surface area contributed by atoms with Crippen LogP contribution in [0.25, 0.3) is 10.9 Å². The Morgan fingerprint density at radius 3 is 2.65 bits per heavy atom. The van der Waals surface area contributed by atoms with Crippen LogP contribution in [0.5, 0.6) is 0 Å². The maximum atomic E-state index is 5.66. The fourth-order valence-electron chi connectivity index (χ4n) is 2.15. The second-order valence-electron chi connectivity index (χ2n) is 4.14. The molecule has 2 aromatic rings. The van der Waals surface area contributed by atoms with Crippen LogP contribution in [0.3, 0.4) is 0 Å². The first kappa shape index (κ1) is 12.3. The number of aryl methyl sites for hydroxylation is 2. The fraction of sp³-hybridized carbons (Fsp3) is 0.308. The largest absolute Gasteiger partial charge is 0.323 e. The zero-order chi connectivity index (χ0) is 12.6. The molecule has 0 aliphatic rings. The van der Waals surface area contributed by atoms with Crippen LogP contribution < -0.4 is 11.3 Å². The molecule has 0 saturated heterocycles. The van der Waals surface area contributed by atoms with E-state index in [0.717, 1.165) is 33.2 Å². The van der Waals surface area contributed by atoms with Gasteiger partial charge in [-0.1, -0.05) is 19.1 Å². The van der Waals surface area contributed by atoms with Crippen LogP contribution in [0.15, 0.2) is 16.6 Å². The molecule has 0 saturated carbocycles. The first-order valence-electron chi connectivity index (χ1n) is 5.65. The highest BCUT2D eigenvalue weighted by atomic mass is 79.9. The van der Waals surface area contributed by atoms with Gasteiger partial charge in [0.25, 0.3) is 0 Å². The molecule has 0 unspecified atom stereocenters. The summed E-state index contributed by atoms with van der Waals surface area (Å²) >= 11 is 3.59. The third-order valence-corrected chi connectivity index (χ3v) is 4.10. The molecular weight excluding hydrogens is 278 g/mol. The predicted octanol–water partition coefficient (Wildman–Crippen LogP) is 3.46. The average Bonchev–Trinajstić information content (AvgIpc) is 2.33. The minimum absolute atomic E-state index is 0.916. The van der Waals surface area contributed by atoms with Crippen molar-refractivity contribution >= 4 is 32.5 Å². The van der Waals surface area contributed by atoms with Crippen LogP contribution in [0.4, 0.5) is 5.69 Å². The van der Waals surface area contributed by atoms with Crippen molar-refractivity contribution in [1.29, 1.82) is 0 Å². The highest BCUT2D eigenvalue weighted by molar-refractivity contribution is 9.10. The van der Waals surface area contributed by atoms with Gasteiger partial charge in [-0.3, -0.25) is 10.8 Å². The van der Waals surface area contributed by atoms with Crippen LogP contribution in [0, 0.1) is 13.8 Å². The van der Waals surface area contributed by atoms with Crippen molar-refractivity contribution in [3.63, 3.8) is 0 Å². The molecule has 3 N–H and O–H groups in total. The Hall–Kier alpha value is -1.13. The fourth-order valence-corrected chi connectivity index (χ4v) is 2.59. The van der Waals surface area contributed by atoms with Crippen molar-refractivity contribution < 1.29 is 0 Å². The van der Waals surface area contributed by atoms with Gasteiger partial charge in [-0.2, -0.15) is 0 Å². The molecule has 0 fully saturated rings. The summed E-state index contributed by atoms with van der Waals surface area (Å²) in [4.78, 5) is 4.67. The van der Waals surface area contributed by atoms with Gasteiger partial charge in [0.1, 0.15) is 0 Å². The Morgan fingerprint density at radius 1 is 1.35 bits per heavy atom. The van der Waals surface area contributed by atoms with Crippen molar-refractivity contribution in [2.24, 2.45) is 5.84 Å². The predicted molar refractivity (Wildman–Crippen MR) is 76.1 cm³/mol. The summed E-state index contributed by atoms with van der Waals surface area (Å²) in [5, 5.41) is 1.06. The van der Waals surface area contributed by atoms with E-state index in [2.05, 4.69) is 52.3 Å². The summed E-state index contributed by atoms with van der Waals surface area (Å²) in [7, 11) is 0. The molecule has 1 heterocycles. The van der Waals surface area contributed by atoms with Crippen molar-refractivity contribution in [1.82, 2.24) is 4.98 Å². The average molecular weight is 294 g/mol. The number of anilines is 1. The highest BCUT2D eigenvalue weighted by Crippen LogP contribution is 2.33. The van der Waals surface area contributed by atoms with Crippen molar-refractivity contribution in [3.05, 3.63) is 33.4 Å². The summed E-state index contributed by atoms with van der Waals surface area (Å²) in [6, 6.07) is 4.14. The van der Waals surface area contributed by atoms with Gasteiger partial charge in [-0.05, 0) is 47.3 Å². The van der Waals surface area contributed by atoms with Gasteiger partial charge in [0, 0.05) is 15.6 Å². The standard InChI is InChI=1S/C13H16BrN3/c1-4-9-8(3)16-13-10(12(9)17-15)6-5-7(2)11(13)14/h5-6H,4,15H2,1-3H3,(H,16,17). The van der Waals surface area contributed by atoms with E-state index in [1.807, 2.05) is 6.92 Å². The smallest absolute Gasteiger partial charge is 0.0871 e. The van der Waals surface area contributed by atoms with Crippen LogP contribution in [-0.2, 0) is 6.42 Å². The maximum absolute atomic E-state index is 5.66. The van der Waals surface area contributed by atoms with Crippen molar-refractivity contribution in [2.75, 3.05) is 5.43 Å². The van der Waals surface area contributed by atoms with Crippen molar-refractivity contribution in [2.45, 2.75) is 27.2 Å². The Bertz CT molecular complexity index is 579. The number of nitrogens with one attached hydrogen (secondary N) is 1. The molecule has 0 amide bonds. The lowest BCUT2D eigenvalue weighted by molar-refractivity contribution is 1.06. The van der Waals surface area contributed by atoms with E-state index in [-0.39, 0.29) is 0 Å². The molecule has 1 aromatic heterocycles. The highest BCUT2D eigenvalue weighted by Gasteiger charge is 2.13. The van der Waals surface area contributed by atoms with Crippen LogP contribution in [0.1, 0.15) is 23.7 Å². The first-order valence-corrected chi connectivity index (χ1v) is 6.44. The zero-order valence-electron chi connectivity index (χ0n) is 10.3. The van der Waals surface area contributed by atoms with E-state index in [1.165, 1.54) is 11.1 Å². The lowest BCUT2D eigenvalue weighted by Gasteiger charge is -2.15. The molecule has 1 aromatic carbocycles. The van der Waals surface area contributed by atoms with E-state index in [9.17, 15) is 0 Å². The number of pyridine rings is 1. The minimum atomic E-state index is 0.916. The number of nitrogen functional groups attached to an aromatic ring is 1. The van der Waals surface area contributed by atoms with Crippen molar-refractivity contribution in [3.8, 4) is 0 Å². The molecular formula is C13H16BrN3. The number of hydrogen-bond donors (Lipinski definition) is 2. The van der Waals surface area contributed by atoms with Gasteiger partial charge in [0.2, 0.25) is 0 Å². The van der Waals surface area contributed by atoms with Gasteiger partial charge < -0.3 is 5.43 Å². The lowest BCUT2D eigenvalue weighted by atomic mass is 10.0. The summed E-state index contributed by atoms with van der Waals surface area (Å²) < 4.78 is 1.04. The normalized spacial score (nSPS) is 10.9. The second-order valence-corrected chi connectivity index (χ2v) is 4.93. The molecule has 4 heteroatoms. The van der Waals surface area contributed by atoms with E-state index < -0.39 is 0 Å². The Balaban J connectivity index is 2.92. The Morgan fingerprint density at radius 2 is 2.06 bits per heavy atom. The monoisotopic (exact) mass is 293 g/mol. The Kier molecular flexibility index (Phi) is 3.35. The van der Waals surface area contributed by atoms with Crippen LogP contribution in [0.2, 0.25) is 0 Å². The van der Waals surface area contributed by atoms with Gasteiger partial charge in [0.15, 0.2) is 0 Å². The minimum Gasteiger partial charge on any atom is -0.323 e. The molecule has 0 spiro atoms. The Labute approximate surface area is 110 Å². The number of fused-ring (bicyclic) bond motifs is 1. The van der Waals surface area contributed by atoms with Gasteiger partial charge in [-0.25, -0.2) is 0 Å². The summed E-state index contributed by atoms with van der Waals surface area (Å²) in [6.45, 7) is 6.19. The number of hydrogen-bond acceptors (Lipinski definition) is 3. The SMILES string of the molecule is CCc1c(C)nc2c(Br)c(C)ccc2c1NN. The quantitative estimate of drug-likeness (QED) is 0.658. The molecule has 2 rings (SSSR count). The lowest BCUT2D eigenvalue weighted by Crippen LogP contribution is -2.11. The summed E-state index contributed by atoms with van der Waals surface area (Å²) in [5.41, 5.74) is 8.14. The zero-order valence-corrected chi connectivity index (χ0v) is 11.9. The van der Waals surface area contributed by atoms with Gasteiger partial charge in [0.05, 0.1) is 11.2 Å². The molecule has 0 atom stereocenters.